The van der Waals surface area contributed by atoms with Crippen LogP contribution >= 0.6 is 0 Å². The molecule has 0 radical (unpaired) electrons. The zero-order valence-corrected chi connectivity index (χ0v) is 14.4. The normalized spacial score (nSPS) is 16.0. The predicted octanol–water partition coefficient (Wildman–Crippen LogP) is 2.19. The molecule has 0 bridgehead atoms. The van der Waals surface area contributed by atoms with E-state index in [2.05, 4.69) is 22.3 Å². The highest BCUT2D eigenvalue weighted by atomic mass is 16.5. The van der Waals surface area contributed by atoms with E-state index >= 15 is 0 Å². The molecular weight excluding hydrogens is 332 g/mol. The number of nitrogens with zero attached hydrogens (tertiary/aromatic N) is 1. The number of nitrogens with one attached hydrogen (secondary N) is 1. The molecule has 2 aromatic rings. The van der Waals surface area contributed by atoms with Crippen molar-refractivity contribution in [1.29, 1.82) is 0 Å². The highest BCUT2D eigenvalue weighted by Gasteiger charge is 2.23. The first-order valence-corrected chi connectivity index (χ1v) is 8.63. The van der Waals surface area contributed by atoms with Gasteiger partial charge in [0.2, 0.25) is 0 Å². The van der Waals surface area contributed by atoms with Crippen LogP contribution < -0.4 is 5.32 Å². The summed E-state index contributed by atoms with van der Waals surface area (Å²) < 4.78 is 5.43. The lowest BCUT2D eigenvalue weighted by Crippen LogP contribution is -2.43. The topological polar surface area (TPSA) is 78.9 Å². The molecule has 1 atom stereocenters. The van der Waals surface area contributed by atoms with Crippen molar-refractivity contribution in [1.82, 2.24) is 10.2 Å². The largest absolute Gasteiger partial charge is 0.478 e. The van der Waals surface area contributed by atoms with Crippen molar-refractivity contribution in [3.8, 4) is 0 Å². The Morgan fingerprint density at radius 3 is 2.42 bits per heavy atom. The summed E-state index contributed by atoms with van der Waals surface area (Å²) >= 11 is 0. The van der Waals surface area contributed by atoms with Gasteiger partial charge in [-0.1, -0.05) is 36.4 Å². The molecule has 1 fully saturated rings. The van der Waals surface area contributed by atoms with Gasteiger partial charge in [-0.2, -0.15) is 0 Å². The molecule has 0 aromatic heterocycles. The average Bonchev–Trinajstić information content (AvgIpc) is 2.69. The number of ether oxygens (including phenoxy) is 1. The lowest BCUT2D eigenvalue weighted by atomic mass is 10.0. The average molecular weight is 354 g/mol. The molecule has 0 spiro atoms. The molecule has 1 heterocycles. The molecule has 6 nitrogen and oxygen atoms in total. The zero-order valence-electron chi connectivity index (χ0n) is 14.4. The van der Waals surface area contributed by atoms with Gasteiger partial charge in [0.15, 0.2) is 0 Å². The zero-order chi connectivity index (χ0) is 18.4. The van der Waals surface area contributed by atoms with Gasteiger partial charge < -0.3 is 15.2 Å². The quantitative estimate of drug-likeness (QED) is 0.831. The molecule has 1 amide bonds. The van der Waals surface area contributed by atoms with Crippen LogP contribution in [0.1, 0.15) is 32.3 Å². The lowest BCUT2D eigenvalue weighted by molar-refractivity contribution is 0.0162. The Kier molecular flexibility index (Phi) is 5.99. The number of amides is 1. The number of rotatable bonds is 6. The molecule has 2 aromatic carbocycles. The number of carbonyl (C=O) groups is 2. The molecule has 3 rings (SSSR count). The summed E-state index contributed by atoms with van der Waals surface area (Å²) in [6.07, 6.45) is 0. The molecule has 1 unspecified atom stereocenters. The minimum atomic E-state index is -1.05. The molecule has 0 saturated carbocycles. The van der Waals surface area contributed by atoms with Crippen LogP contribution in [0.2, 0.25) is 0 Å². The van der Waals surface area contributed by atoms with Crippen molar-refractivity contribution < 1.29 is 19.4 Å². The predicted molar refractivity (Wildman–Crippen MR) is 97.3 cm³/mol. The van der Waals surface area contributed by atoms with Gasteiger partial charge in [0.05, 0.1) is 24.8 Å². The number of benzene rings is 2. The van der Waals surface area contributed by atoms with Gasteiger partial charge >= 0.3 is 5.97 Å². The number of aromatic carboxylic acids is 1. The monoisotopic (exact) mass is 354 g/mol. The highest BCUT2D eigenvalue weighted by molar-refractivity contribution is 5.97. The number of carbonyl (C=O) groups excluding carboxylic acids is 1. The Morgan fingerprint density at radius 2 is 1.73 bits per heavy atom. The first-order chi connectivity index (χ1) is 12.6. The molecular formula is C20H22N2O4. The Labute approximate surface area is 152 Å². The van der Waals surface area contributed by atoms with Gasteiger partial charge in [-0.15, -0.1) is 0 Å². The first-order valence-electron chi connectivity index (χ1n) is 8.63. The number of hydrogen-bond donors (Lipinski definition) is 2. The fourth-order valence-electron chi connectivity index (χ4n) is 3.11. The molecule has 1 saturated heterocycles. The van der Waals surface area contributed by atoms with Gasteiger partial charge in [-0.3, -0.25) is 9.69 Å². The lowest BCUT2D eigenvalue weighted by Gasteiger charge is -2.35. The molecule has 2 N–H and O–H groups in total. The Morgan fingerprint density at radius 1 is 1.04 bits per heavy atom. The second-order valence-electron chi connectivity index (χ2n) is 6.17. The summed E-state index contributed by atoms with van der Waals surface area (Å²) in [6, 6.07) is 16.2. The summed E-state index contributed by atoms with van der Waals surface area (Å²) in [5.41, 5.74) is 1.58. The minimum Gasteiger partial charge on any atom is -0.478 e. The van der Waals surface area contributed by atoms with Crippen molar-refractivity contribution in [3.63, 3.8) is 0 Å². The van der Waals surface area contributed by atoms with Gasteiger partial charge in [-0.25, -0.2) is 4.79 Å². The fourth-order valence-corrected chi connectivity index (χ4v) is 3.11. The third-order valence-electron chi connectivity index (χ3n) is 4.50. The number of carboxylic acids is 1. The smallest absolute Gasteiger partial charge is 0.335 e. The highest BCUT2D eigenvalue weighted by Crippen LogP contribution is 2.21. The van der Waals surface area contributed by atoms with E-state index in [-0.39, 0.29) is 17.5 Å². The standard InChI is InChI=1S/C20H22N2O4/c23-19(16-7-4-8-17(13-16)20(24)25)21-14-18(15-5-2-1-3-6-15)22-9-11-26-12-10-22/h1-8,13,18H,9-12,14H2,(H,21,23)(H,24,25). The second-order valence-corrected chi connectivity index (χ2v) is 6.17. The van der Waals surface area contributed by atoms with Gasteiger partial charge in [0.1, 0.15) is 0 Å². The van der Waals surface area contributed by atoms with E-state index < -0.39 is 5.97 Å². The van der Waals surface area contributed by atoms with Crippen molar-refractivity contribution in [2.75, 3.05) is 32.8 Å². The maximum atomic E-state index is 12.5. The van der Waals surface area contributed by atoms with Crippen LogP contribution in [0, 0.1) is 0 Å². The van der Waals surface area contributed by atoms with Crippen LogP contribution in [0.3, 0.4) is 0 Å². The van der Waals surface area contributed by atoms with Crippen molar-refractivity contribution in [2.45, 2.75) is 6.04 Å². The Bertz CT molecular complexity index is 757. The van der Waals surface area contributed by atoms with Crippen molar-refractivity contribution >= 4 is 11.9 Å². The Balaban J connectivity index is 1.72. The van der Waals surface area contributed by atoms with Gasteiger partial charge in [0.25, 0.3) is 5.91 Å². The SMILES string of the molecule is O=C(O)c1cccc(C(=O)NCC(c2ccccc2)N2CCOCC2)c1. The maximum Gasteiger partial charge on any atom is 0.335 e. The molecule has 26 heavy (non-hydrogen) atoms. The molecule has 136 valence electrons. The summed E-state index contributed by atoms with van der Waals surface area (Å²) in [5, 5.41) is 12.0. The van der Waals surface area contributed by atoms with E-state index in [9.17, 15) is 9.59 Å². The van der Waals surface area contributed by atoms with Gasteiger partial charge in [0, 0.05) is 25.2 Å². The second kappa shape index (κ2) is 8.60. The number of morpholine rings is 1. The van der Waals surface area contributed by atoms with E-state index in [0.29, 0.717) is 25.3 Å². The molecule has 6 heteroatoms. The fraction of sp³-hybridized carbons (Fsp3) is 0.300. The van der Waals surface area contributed by atoms with Crippen LogP contribution in [0.25, 0.3) is 0 Å². The molecule has 1 aliphatic rings. The van der Waals surface area contributed by atoms with Crippen LogP contribution in [0.15, 0.2) is 54.6 Å². The summed E-state index contributed by atoms with van der Waals surface area (Å²) in [6.45, 7) is 3.42. The van der Waals surface area contributed by atoms with Gasteiger partial charge in [-0.05, 0) is 23.8 Å². The molecule has 0 aliphatic carbocycles. The minimum absolute atomic E-state index is 0.0479. The number of hydrogen-bond acceptors (Lipinski definition) is 4. The van der Waals surface area contributed by atoms with Crippen LogP contribution in [-0.2, 0) is 4.74 Å². The van der Waals surface area contributed by atoms with E-state index in [0.717, 1.165) is 18.7 Å². The maximum absolute atomic E-state index is 12.5. The van der Waals surface area contributed by atoms with Crippen LogP contribution in [0.5, 0.6) is 0 Å². The van der Waals surface area contributed by atoms with Crippen LogP contribution in [0.4, 0.5) is 0 Å². The summed E-state index contributed by atoms with van der Waals surface area (Å²) in [7, 11) is 0. The van der Waals surface area contributed by atoms with Crippen molar-refractivity contribution in [2.24, 2.45) is 0 Å². The first kappa shape index (κ1) is 18.1. The molecule has 1 aliphatic heterocycles. The number of carboxylic acid groups (broad SMARTS) is 1. The van der Waals surface area contributed by atoms with E-state index in [1.54, 1.807) is 12.1 Å². The Hall–Kier alpha value is -2.70. The summed E-state index contributed by atoms with van der Waals surface area (Å²) in [5.74, 6) is -1.32. The van der Waals surface area contributed by atoms with Crippen LogP contribution in [-0.4, -0.2) is 54.7 Å². The van der Waals surface area contributed by atoms with E-state index in [1.807, 2.05) is 18.2 Å². The van der Waals surface area contributed by atoms with E-state index in [4.69, 9.17) is 9.84 Å². The third kappa shape index (κ3) is 4.47. The third-order valence-corrected chi connectivity index (χ3v) is 4.50. The summed E-state index contributed by atoms with van der Waals surface area (Å²) in [4.78, 5) is 25.9. The van der Waals surface area contributed by atoms with Crippen molar-refractivity contribution in [3.05, 3.63) is 71.3 Å². The van der Waals surface area contributed by atoms with E-state index in [1.165, 1.54) is 12.1 Å².